The van der Waals surface area contributed by atoms with Gasteiger partial charge in [-0.1, -0.05) is 54.6 Å². The van der Waals surface area contributed by atoms with Crippen molar-refractivity contribution in [3.8, 4) is 0 Å². The molecule has 0 N–H and O–H groups in total. The minimum absolute atomic E-state index is 0.991. The van der Waals surface area contributed by atoms with E-state index in [4.69, 9.17) is 0 Å². The van der Waals surface area contributed by atoms with Gasteiger partial charge in [-0.05, 0) is 35.4 Å². The first kappa shape index (κ1) is 11.1. The molecule has 1 aliphatic heterocycles. The first-order chi connectivity index (χ1) is 8.92. The van der Waals surface area contributed by atoms with E-state index in [1.807, 2.05) is 0 Å². The number of hydrogen-bond acceptors (Lipinski definition) is 1. The standard InChI is InChI=1S/C17H17N/c1-2-6-15(7-3-1)14-18-12-10-16-8-4-5-9-17(16)11-13-18/h1-10,12H,11,13-14H2. The van der Waals surface area contributed by atoms with Crippen LogP contribution < -0.4 is 0 Å². The van der Waals surface area contributed by atoms with Gasteiger partial charge in [0.1, 0.15) is 0 Å². The fourth-order valence-corrected chi connectivity index (χ4v) is 2.40. The first-order valence-electron chi connectivity index (χ1n) is 6.46. The zero-order valence-corrected chi connectivity index (χ0v) is 10.4. The third-order valence-electron chi connectivity index (χ3n) is 3.42. The minimum atomic E-state index is 0.991. The van der Waals surface area contributed by atoms with Gasteiger partial charge in [-0.15, -0.1) is 0 Å². The highest BCUT2D eigenvalue weighted by Gasteiger charge is 2.07. The Balaban J connectivity index is 1.75. The summed E-state index contributed by atoms with van der Waals surface area (Å²) in [5.41, 5.74) is 4.17. The molecule has 2 aromatic carbocycles. The molecule has 2 aromatic rings. The van der Waals surface area contributed by atoms with Crippen LogP contribution in [0.4, 0.5) is 0 Å². The highest BCUT2D eigenvalue weighted by atomic mass is 15.1. The molecule has 0 bridgehead atoms. The molecule has 0 aromatic heterocycles. The van der Waals surface area contributed by atoms with Gasteiger partial charge in [-0.2, -0.15) is 0 Å². The molecule has 0 fully saturated rings. The Labute approximate surface area is 108 Å². The van der Waals surface area contributed by atoms with Gasteiger partial charge in [-0.25, -0.2) is 0 Å². The lowest BCUT2D eigenvalue weighted by molar-refractivity contribution is 0.378. The summed E-state index contributed by atoms with van der Waals surface area (Å²) in [7, 11) is 0. The third-order valence-corrected chi connectivity index (χ3v) is 3.42. The molecule has 1 aliphatic rings. The molecular formula is C17H17N. The van der Waals surface area contributed by atoms with Crippen LogP contribution in [0.1, 0.15) is 16.7 Å². The van der Waals surface area contributed by atoms with Crippen LogP contribution in [-0.2, 0) is 13.0 Å². The fraction of sp³-hybridized carbons (Fsp3) is 0.176. The van der Waals surface area contributed by atoms with Crippen molar-refractivity contribution in [3.05, 3.63) is 77.5 Å². The van der Waals surface area contributed by atoms with Crippen LogP contribution in [0.5, 0.6) is 0 Å². The monoisotopic (exact) mass is 235 g/mol. The average Bonchev–Trinajstić information content (AvgIpc) is 2.63. The number of nitrogens with zero attached hydrogens (tertiary/aromatic N) is 1. The highest BCUT2D eigenvalue weighted by Crippen LogP contribution is 2.17. The molecule has 0 amide bonds. The van der Waals surface area contributed by atoms with Crippen LogP contribution >= 0.6 is 0 Å². The molecule has 0 spiro atoms. The van der Waals surface area contributed by atoms with Crippen molar-refractivity contribution in [2.24, 2.45) is 0 Å². The lowest BCUT2D eigenvalue weighted by atomic mass is 10.1. The second-order valence-corrected chi connectivity index (χ2v) is 4.72. The SMILES string of the molecule is C1=CN(Cc2ccccc2)CCc2ccccc21. The Hall–Kier alpha value is -2.02. The van der Waals surface area contributed by atoms with Gasteiger partial charge in [0.25, 0.3) is 0 Å². The van der Waals surface area contributed by atoms with Crippen LogP contribution in [-0.4, -0.2) is 11.4 Å². The predicted molar refractivity (Wildman–Crippen MR) is 76.0 cm³/mol. The number of fused-ring (bicyclic) bond motifs is 1. The Morgan fingerprint density at radius 3 is 2.56 bits per heavy atom. The van der Waals surface area contributed by atoms with Crippen molar-refractivity contribution >= 4 is 6.08 Å². The van der Waals surface area contributed by atoms with E-state index in [1.165, 1.54) is 16.7 Å². The van der Waals surface area contributed by atoms with E-state index in [-0.39, 0.29) is 0 Å². The largest absolute Gasteiger partial charge is 0.373 e. The van der Waals surface area contributed by atoms with Gasteiger partial charge in [0.15, 0.2) is 0 Å². The molecule has 1 nitrogen and oxygen atoms in total. The van der Waals surface area contributed by atoms with E-state index in [0.29, 0.717) is 0 Å². The summed E-state index contributed by atoms with van der Waals surface area (Å²) in [6, 6.07) is 19.3. The minimum Gasteiger partial charge on any atom is -0.373 e. The Morgan fingerprint density at radius 1 is 0.889 bits per heavy atom. The molecule has 1 heterocycles. The van der Waals surface area contributed by atoms with E-state index in [2.05, 4.69) is 71.8 Å². The Kier molecular flexibility index (Phi) is 3.14. The summed E-state index contributed by atoms with van der Waals surface area (Å²) in [6.07, 6.45) is 5.57. The molecule has 0 aliphatic carbocycles. The van der Waals surface area contributed by atoms with Crippen molar-refractivity contribution < 1.29 is 0 Å². The maximum absolute atomic E-state index is 2.38. The second-order valence-electron chi connectivity index (χ2n) is 4.72. The summed E-state index contributed by atoms with van der Waals surface area (Å²) < 4.78 is 0. The molecule has 0 unspecified atom stereocenters. The van der Waals surface area contributed by atoms with Crippen molar-refractivity contribution in [2.45, 2.75) is 13.0 Å². The van der Waals surface area contributed by atoms with E-state index >= 15 is 0 Å². The van der Waals surface area contributed by atoms with E-state index in [9.17, 15) is 0 Å². The van der Waals surface area contributed by atoms with Crippen LogP contribution in [0.2, 0.25) is 0 Å². The molecular weight excluding hydrogens is 218 g/mol. The number of hydrogen-bond donors (Lipinski definition) is 0. The summed E-state index contributed by atoms with van der Waals surface area (Å²) in [6.45, 7) is 2.08. The zero-order chi connectivity index (χ0) is 12.2. The highest BCUT2D eigenvalue weighted by molar-refractivity contribution is 5.54. The van der Waals surface area contributed by atoms with Gasteiger partial charge in [0.05, 0.1) is 0 Å². The van der Waals surface area contributed by atoms with Gasteiger partial charge in [0.2, 0.25) is 0 Å². The van der Waals surface area contributed by atoms with E-state index in [1.54, 1.807) is 0 Å². The van der Waals surface area contributed by atoms with Crippen LogP contribution in [0, 0.1) is 0 Å². The molecule has 90 valence electrons. The van der Waals surface area contributed by atoms with Crippen LogP contribution in [0.25, 0.3) is 6.08 Å². The zero-order valence-electron chi connectivity index (χ0n) is 10.4. The Morgan fingerprint density at radius 2 is 1.67 bits per heavy atom. The smallest absolute Gasteiger partial charge is 0.0424 e. The topological polar surface area (TPSA) is 3.24 Å². The average molecular weight is 235 g/mol. The molecule has 0 atom stereocenters. The van der Waals surface area contributed by atoms with Gasteiger partial charge >= 0.3 is 0 Å². The van der Waals surface area contributed by atoms with Gasteiger partial charge in [-0.3, -0.25) is 0 Å². The van der Waals surface area contributed by atoms with Crippen LogP contribution in [0.3, 0.4) is 0 Å². The van der Waals surface area contributed by atoms with E-state index in [0.717, 1.165) is 19.5 Å². The second kappa shape index (κ2) is 5.09. The maximum atomic E-state index is 2.38. The number of rotatable bonds is 2. The van der Waals surface area contributed by atoms with Gasteiger partial charge in [0, 0.05) is 13.1 Å². The van der Waals surface area contributed by atoms with E-state index < -0.39 is 0 Å². The lowest BCUT2D eigenvalue weighted by Gasteiger charge is -2.18. The molecule has 18 heavy (non-hydrogen) atoms. The van der Waals surface area contributed by atoms with Crippen molar-refractivity contribution in [3.63, 3.8) is 0 Å². The summed E-state index contributed by atoms with van der Waals surface area (Å²) in [5, 5.41) is 0. The summed E-state index contributed by atoms with van der Waals surface area (Å²) >= 11 is 0. The van der Waals surface area contributed by atoms with Crippen molar-refractivity contribution in [1.29, 1.82) is 0 Å². The third kappa shape index (κ3) is 2.45. The van der Waals surface area contributed by atoms with Crippen LogP contribution in [0.15, 0.2) is 60.8 Å². The predicted octanol–water partition coefficient (Wildman–Crippen LogP) is 3.72. The normalized spacial score (nSPS) is 14.1. The molecule has 1 heteroatoms. The molecule has 0 saturated carbocycles. The summed E-state index contributed by atoms with van der Waals surface area (Å²) in [4.78, 5) is 2.38. The maximum Gasteiger partial charge on any atom is 0.0424 e. The first-order valence-corrected chi connectivity index (χ1v) is 6.46. The quantitative estimate of drug-likeness (QED) is 0.767. The fourth-order valence-electron chi connectivity index (χ4n) is 2.40. The Bertz CT molecular complexity index is 543. The molecule has 0 radical (unpaired) electrons. The van der Waals surface area contributed by atoms with Gasteiger partial charge < -0.3 is 4.90 Å². The number of benzene rings is 2. The van der Waals surface area contributed by atoms with Crippen molar-refractivity contribution in [1.82, 2.24) is 4.90 Å². The lowest BCUT2D eigenvalue weighted by Crippen LogP contribution is -2.18. The van der Waals surface area contributed by atoms with Crippen molar-refractivity contribution in [2.75, 3.05) is 6.54 Å². The molecule has 0 saturated heterocycles. The summed E-state index contributed by atoms with van der Waals surface area (Å²) in [5.74, 6) is 0. The molecule has 3 rings (SSSR count).